The number of hydrogen-bond acceptors (Lipinski definition) is 5. The molecular weight excluding hydrogens is 262 g/mol. The molecule has 1 aliphatic heterocycles. The molecule has 21 heavy (non-hydrogen) atoms. The van der Waals surface area contributed by atoms with Gasteiger partial charge in [-0.2, -0.15) is 0 Å². The molecule has 3 rings (SSSR count). The number of piperazine rings is 1. The minimum atomic E-state index is 0.0747. The first kappa shape index (κ1) is 14.0. The number of rotatable bonds is 4. The van der Waals surface area contributed by atoms with Gasteiger partial charge in [-0.1, -0.05) is 30.3 Å². The van der Waals surface area contributed by atoms with Crippen molar-refractivity contribution in [1.29, 1.82) is 0 Å². The summed E-state index contributed by atoms with van der Waals surface area (Å²) in [4.78, 5) is 13.3. The molecule has 110 valence electrons. The zero-order chi connectivity index (χ0) is 14.5. The Morgan fingerprint density at radius 1 is 0.952 bits per heavy atom. The third-order valence-electron chi connectivity index (χ3n) is 3.89. The molecule has 1 aromatic heterocycles. The highest BCUT2D eigenvalue weighted by atomic mass is 15.3. The van der Waals surface area contributed by atoms with Crippen molar-refractivity contribution in [2.45, 2.75) is 6.04 Å². The second kappa shape index (κ2) is 6.65. The van der Waals surface area contributed by atoms with E-state index in [0.29, 0.717) is 0 Å². The second-order valence-electron chi connectivity index (χ2n) is 5.35. The van der Waals surface area contributed by atoms with Crippen molar-refractivity contribution in [2.24, 2.45) is 5.73 Å². The summed E-state index contributed by atoms with van der Waals surface area (Å²) in [5, 5.41) is 0. The maximum absolute atomic E-state index is 6.29. The van der Waals surface area contributed by atoms with Crippen molar-refractivity contribution in [3.8, 4) is 0 Å². The fourth-order valence-electron chi connectivity index (χ4n) is 2.67. The molecule has 0 radical (unpaired) electrons. The minimum Gasteiger partial charge on any atom is -0.338 e. The van der Waals surface area contributed by atoms with E-state index >= 15 is 0 Å². The van der Waals surface area contributed by atoms with Gasteiger partial charge in [0, 0.05) is 51.2 Å². The Bertz CT molecular complexity index is 537. The minimum absolute atomic E-state index is 0.0747. The lowest BCUT2D eigenvalue weighted by Gasteiger charge is -2.35. The van der Waals surface area contributed by atoms with Gasteiger partial charge in [-0.15, -0.1) is 0 Å². The van der Waals surface area contributed by atoms with Crippen LogP contribution in [0, 0.1) is 0 Å². The van der Waals surface area contributed by atoms with Crippen molar-refractivity contribution in [2.75, 3.05) is 37.6 Å². The van der Waals surface area contributed by atoms with E-state index in [9.17, 15) is 0 Å². The van der Waals surface area contributed by atoms with Crippen LogP contribution in [0.3, 0.4) is 0 Å². The van der Waals surface area contributed by atoms with Crippen LogP contribution in [0.5, 0.6) is 0 Å². The second-order valence-corrected chi connectivity index (χ2v) is 5.35. The third-order valence-corrected chi connectivity index (χ3v) is 3.89. The third kappa shape index (κ3) is 3.56. The molecular formula is C16H21N5. The topological polar surface area (TPSA) is 58.3 Å². The van der Waals surface area contributed by atoms with Crippen molar-refractivity contribution in [3.05, 3.63) is 54.4 Å². The van der Waals surface area contributed by atoms with Gasteiger partial charge >= 0.3 is 0 Å². The van der Waals surface area contributed by atoms with Crippen LogP contribution in [0.15, 0.2) is 48.8 Å². The number of hydrogen-bond donors (Lipinski definition) is 1. The van der Waals surface area contributed by atoms with Crippen LogP contribution in [0.1, 0.15) is 11.6 Å². The summed E-state index contributed by atoms with van der Waals surface area (Å²) in [6.45, 7) is 4.79. The van der Waals surface area contributed by atoms with Crippen LogP contribution < -0.4 is 10.6 Å². The van der Waals surface area contributed by atoms with E-state index in [1.807, 2.05) is 24.3 Å². The molecule has 1 fully saturated rings. The van der Waals surface area contributed by atoms with Crippen LogP contribution in [-0.4, -0.2) is 47.6 Å². The Balaban J connectivity index is 1.52. The Hall–Kier alpha value is -1.98. The van der Waals surface area contributed by atoms with E-state index in [2.05, 4.69) is 31.9 Å². The molecule has 0 amide bonds. The number of anilines is 1. The summed E-state index contributed by atoms with van der Waals surface area (Å²) in [6, 6.07) is 12.2. The molecule has 2 aromatic rings. The van der Waals surface area contributed by atoms with E-state index in [4.69, 9.17) is 5.73 Å². The summed E-state index contributed by atoms with van der Waals surface area (Å²) in [6.07, 6.45) is 3.58. The Morgan fingerprint density at radius 3 is 2.29 bits per heavy atom. The lowest BCUT2D eigenvalue weighted by molar-refractivity contribution is 0.242. The number of nitrogens with two attached hydrogens (primary N) is 1. The zero-order valence-electron chi connectivity index (χ0n) is 12.1. The van der Waals surface area contributed by atoms with Crippen molar-refractivity contribution >= 4 is 5.95 Å². The van der Waals surface area contributed by atoms with Gasteiger partial charge in [-0.25, -0.2) is 9.97 Å². The lowest BCUT2D eigenvalue weighted by atomic mass is 10.1. The molecule has 0 aliphatic carbocycles. The van der Waals surface area contributed by atoms with Gasteiger partial charge in [0.25, 0.3) is 0 Å². The Kier molecular flexibility index (Phi) is 4.43. The van der Waals surface area contributed by atoms with Gasteiger partial charge in [-0.05, 0) is 11.6 Å². The number of nitrogens with zero attached hydrogens (tertiary/aromatic N) is 4. The standard InChI is InChI=1S/C16H21N5/c17-15(14-5-2-1-3-6-14)13-20-9-11-21(12-10-20)16-18-7-4-8-19-16/h1-8,15H,9-13,17H2/t15-/m0/s1. The van der Waals surface area contributed by atoms with Crippen molar-refractivity contribution in [1.82, 2.24) is 14.9 Å². The Morgan fingerprint density at radius 2 is 1.62 bits per heavy atom. The van der Waals surface area contributed by atoms with Crippen LogP contribution >= 0.6 is 0 Å². The Labute approximate surface area is 125 Å². The molecule has 1 aromatic carbocycles. The molecule has 0 bridgehead atoms. The first-order valence-electron chi connectivity index (χ1n) is 7.38. The van der Waals surface area contributed by atoms with Crippen LogP contribution in [0.4, 0.5) is 5.95 Å². The van der Waals surface area contributed by atoms with E-state index < -0.39 is 0 Å². The fraction of sp³-hybridized carbons (Fsp3) is 0.375. The average molecular weight is 283 g/mol. The average Bonchev–Trinajstić information content (AvgIpc) is 2.57. The molecule has 1 atom stereocenters. The molecule has 5 nitrogen and oxygen atoms in total. The molecule has 2 N–H and O–H groups in total. The van der Waals surface area contributed by atoms with Crippen LogP contribution in [0.25, 0.3) is 0 Å². The molecule has 2 heterocycles. The SMILES string of the molecule is N[C@@H](CN1CCN(c2ncccn2)CC1)c1ccccc1. The molecule has 1 saturated heterocycles. The monoisotopic (exact) mass is 283 g/mol. The zero-order valence-corrected chi connectivity index (χ0v) is 12.1. The quantitative estimate of drug-likeness (QED) is 0.916. The molecule has 0 saturated carbocycles. The first-order chi connectivity index (χ1) is 10.3. The normalized spacial score (nSPS) is 17.7. The summed E-state index contributed by atoms with van der Waals surface area (Å²) >= 11 is 0. The molecule has 5 heteroatoms. The van der Waals surface area contributed by atoms with Gasteiger partial charge in [0.1, 0.15) is 0 Å². The van der Waals surface area contributed by atoms with Crippen LogP contribution in [-0.2, 0) is 0 Å². The summed E-state index contributed by atoms with van der Waals surface area (Å²) < 4.78 is 0. The number of aromatic nitrogens is 2. The van der Waals surface area contributed by atoms with Gasteiger partial charge in [-0.3, -0.25) is 4.90 Å². The van der Waals surface area contributed by atoms with E-state index in [-0.39, 0.29) is 6.04 Å². The first-order valence-corrected chi connectivity index (χ1v) is 7.38. The maximum Gasteiger partial charge on any atom is 0.225 e. The summed E-state index contributed by atoms with van der Waals surface area (Å²) in [7, 11) is 0. The van der Waals surface area contributed by atoms with Gasteiger partial charge < -0.3 is 10.6 Å². The van der Waals surface area contributed by atoms with E-state index in [1.165, 1.54) is 5.56 Å². The van der Waals surface area contributed by atoms with Gasteiger partial charge in [0.15, 0.2) is 0 Å². The highest BCUT2D eigenvalue weighted by Crippen LogP contribution is 2.14. The van der Waals surface area contributed by atoms with Gasteiger partial charge in [0.2, 0.25) is 5.95 Å². The predicted molar refractivity (Wildman–Crippen MR) is 84.1 cm³/mol. The summed E-state index contributed by atoms with van der Waals surface area (Å²) in [5.41, 5.74) is 7.49. The highest BCUT2D eigenvalue weighted by Gasteiger charge is 2.20. The summed E-state index contributed by atoms with van der Waals surface area (Å²) in [5.74, 6) is 0.824. The molecule has 0 spiro atoms. The maximum atomic E-state index is 6.29. The largest absolute Gasteiger partial charge is 0.338 e. The van der Waals surface area contributed by atoms with E-state index in [1.54, 1.807) is 12.4 Å². The molecule has 0 unspecified atom stereocenters. The van der Waals surface area contributed by atoms with Crippen molar-refractivity contribution in [3.63, 3.8) is 0 Å². The fourth-order valence-corrected chi connectivity index (χ4v) is 2.67. The highest BCUT2D eigenvalue weighted by molar-refractivity contribution is 5.29. The van der Waals surface area contributed by atoms with Crippen LogP contribution in [0.2, 0.25) is 0 Å². The predicted octanol–water partition coefficient (Wildman–Crippen LogP) is 1.30. The number of benzene rings is 1. The van der Waals surface area contributed by atoms with Gasteiger partial charge in [0.05, 0.1) is 0 Å². The van der Waals surface area contributed by atoms with E-state index in [0.717, 1.165) is 38.7 Å². The smallest absolute Gasteiger partial charge is 0.225 e. The lowest BCUT2D eigenvalue weighted by Crippen LogP contribution is -2.48. The van der Waals surface area contributed by atoms with Crippen molar-refractivity contribution < 1.29 is 0 Å². The molecule has 1 aliphatic rings.